The van der Waals surface area contributed by atoms with Crippen molar-refractivity contribution < 1.29 is 9.69 Å². The molecule has 2 heteroatoms. The molecule has 0 saturated carbocycles. The summed E-state index contributed by atoms with van der Waals surface area (Å²) in [6, 6.07) is 0. The molecule has 0 heterocycles. The molecule has 0 aromatic rings. The molecule has 0 aliphatic rings. The van der Waals surface area contributed by atoms with E-state index in [1.54, 1.807) is 6.92 Å². The van der Waals surface area contributed by atoms with Crippen molar-refractivity contribution in [1.29, 1.82) is 0 Å². The quantitative estimate of drug-likeness (QED) is 0.599. The van der Waals surface area contributed by atoms with Crippen molar-refractivity contribution in [3.63, 3.8) is 0 Å². The van der Waals surface area contributed by atoms with E-state index in [-0.39, 0.29) is 5.91 Å². The molecule has 1 unspecified atom stereocenters. The summed E-state index contributed by atoms with van der Waals surface area (Å²) in [5, 5.41) is 0. The van der Waals surface area contributed by atoms with Gasteiger partial charge >= 0.3 is 5.91 Å². The monoisotopic (exact) mass is 144 g/mol. The van der Waals surface area contributed by atoms with Crippen LogP contribution >= 0.6 is 0 Å². The van der Waals surface area contributed by atoms with Crippen LogP contribution in [0.5, 0.6) is 0 Å². The van der Waals surface area contributed by atoms with Gasteiger partial charge in [-0.15, -0.1) is 0 Å². The van der Waals surface area contributed by atoms with E-state index in [0.29, 0.717) is 0 Å². The molecular formula is C8H18NO+. The van der Waals surface area contributed by atoms with Crippen LogP contribution in [0, 0.1) is 0 Å². The molecule has 0 aliphatic carbocycles. The van der Waals surface area contributed by atoms with E-state index >= 15 is 0 Å². The molecule has 0 saturated heterocycles. The zero-order valence-electron chi connectivity index (χ0n) is 7.24. The molecular weight excluding hydrogens is 126 g/mol. The average Bonchev–Trinajstić information content (AvgIpc) is 1.89. The summed E-state index contributed by atoms with van der Waals surface area (Å²) in [5.41, 5.74) is 0. The molecule has 0 spiro atoms. The van der Waals surface area contributed by atoms with Gasteiger partial charge in [-0.05, 0) is 13.3 Å². The number of amides is 1. The van der Waals surface area contributed by atoms with Crippen molar-refractivity contribution in [2.45, 2.75) is 33.6 Å². The molecule has 0 aromatic carbocycles. The summed E-state index contributed by atoms with van der Waals surface area (Å²) >= 11 is 0. The third-order valence-corrected chi connectivity index (χ3v) is 1.76. The number of unbranched alkanes of at least 4 members (excludes halogenated alkanes) is 1. The Morgan fingerprint density at radius 3 is 2.30 bits per heavy atom. The van der Waals surface area contributed by atoms with Gasteiger partial charge in [0.2, 0.25) is 0 Å². The van der Waals surface area contributed by atoms with Gasteiger partial charge in [0, 0.05) is 0 Å². The number of hydrogen-bond donors (Lipinski definition) is 1. The highest BCUT2D eigenvalue weighted by atomic mass is 16.2. The Hall–Kier alpha value is -0.370. The molecule has 60 valence electrons. The van der Waals surface area contributed by atoms with Crippen LogP contribution in [0.2, 0.25) is 0 Å². The molecule has 10 heavy (non-hydrogen) atoms. The molecule has 0 bridgehead atoms. The fraction of sp³-hybridized carbons (Fsp3) is 0.875. The van der Waals surface area contributed by atoms with Gasteiger partial charge in [0.1, 0.15) is 0 Å². The summed E-state index contributed by atoms with van der Waals surface area (Å²) in [6.45, 7) is 7.78. The Bertz CT molecular complexity index is 101. The van der Waals surface area contributed by atoms with Crippen LogP contribution in [0.3, 0.4) is 0 Å². The molecule has 2 nitrogen and oxygen atoms in total. The molecule has 0 aromatic heterocycles. The van der Waals surface area contributed by atoms with Crippen LogP contribution in [0.4, 0.5) is 0 Å². The highest BCUT2D eigenvalue weighted by molar-refractivity contribution is 5.62. The van der Waals surface area contributed by atoms with Crippen molar-refractivity contribution in [1.82, 2.24) is 0 Å². The largest absolute Gasteiger partial charge is 0.308 e. The highest BCUT2D eigenvalue weighted by Crippen LogP contribution is 1.78. The minimum atomic E-state index is 0.274. The van der Waals surface area contributed by atoms with Crippen LogP contribution in [0.1, 0.15) is 33.6 Å². The topological polar surface area (TPSA) is 21.5 Å². The first kappa shape index (κ1) is 9.63. The van der Waals surface area contributed by atoms with E-state index in [4.69, 9.17) is 0 Å². The predicted molar refractivity (Wildman–Crippen MR) is 42.0 cm³/mol. The summed E-state index contributed by atoms with van der Waals surface area (Å²) < 4.78 is 0. The lowest BCUT2D eigenvalue weighted by molar-refractivity contribution is -0.818. The lowest BCUT2D eigenvalue weighted by atomic mass is 10.3. The van der Waals surface area contributed by atoms with Gasteiger partial charge in [0.15, 0.2) is 0 Å². The molecule has 1 amide bonds. The number of carbonyl (C=O) groups is 1. The van der Waals surface area contributed by atoms with Crippen molar-refractivity contribution in [3.8, 4) is 0 Å². The number of carbonyl (C=O) groups excluding carboxylic acids is 1. The molecule has 0 rings (SSSR count). The minimum Gasteiger partial charge on any atom is -0.272 e. The van der Waals surface area contributed by atoms with Crippen molar-refractivity contribution in [3.05, 3.63) is 0 Å². The van der Waals surface area contributed by atoms with Gasteiger partial charge in [0.25, 0.3) is 0 Å². The van der Waals surface area contributed by atoms with Gasteiger partial charge in [-0.1, -0.05) is 13.3 Å². The third kappa shape index (κ3) is 3.62. The Morgan fingerprint density at radius 1 is 1.40 bits per heavy atom. The SMILES string of the molecule is CCCC[NH+](CC)C(C)=O. The van der Waals surface area contributed by atoms with E-state index < -0.39 is 0 Å². The minimum absolute atomic E-state index is 0.274. The first-order chi connectivity index (χ1) is 4.72. The standard InChI is InChI=1S/C8H17NO/c1-4-6-7-9(5-2)8(3)10/h4-7H2,1-3H3/p+1. The molecule has 1 N–H and O–H groups in total. The number of nitrogens with one attached hydrogen (secondary N) is 1. The average molecular weight is 144 g/mol. The Balaban J connectivity index is 3.50. The second-order valence-electron chi connectivity index (χ2n) is 2.62. The van der Waals surface area contributed by atoms with E-state index in [1.807, 2.05) is 6.92 Å². The lowest BCUT2D eigenvalue weighted by Crippen LogP contribution is -3.13. The molecule has 0 aliphatic heterocycles. The number of quaternary nitrogens is 1. The van der Waals surface area contributed by atoms with E-state index in [1.165, 1.54) is 6.42 Å². The first-order valence-corrected chi connectivity index (χ1v) is 4.08. The normalized spacial score (nSPS) is 13.1. The summed E-state index contributed by atoms with van der Waals surface area (Å²) in [6.07, 6.45) is 2.33. The maximum absolute atomic E-state index is 10.8. The van der Waals surface area contributed by atoms with Crippen LogP contribution in [0.25, 0.3) is 0 Å². The zero-order chi connectivity index (χ0) is 7.98. The fourth-order valence-electron chi connectivity index (χ4n) is 0.992. The molecule has 0 fully saturated rings. The number of hydrogen-bond acceptors (Lipinski definition) is 1. The Labute approximate surface area is 63.2 Å². The van der Waals surface area contributed by atoms with Crippen LogP contribution in [0.15, 0.2) is 0 Å². The van der Waals surface area contributed by atoms with E-state index in [2.05, 4.69) is 6.92 Å². The van der Waals surface area contributed by atoms with Gasteiger partial charge in [-0.3, -0.25) is 4.90 Å². The summed E-state index contributed by atoms with van der Waals surface area (Å²) in [4.78, 5) is 11.9. The lowest BCUT2D eigenvalue weighted by Gasteiger charge is -2.11. The van der Waals surface area contributed by atoms with E-state index in [0.717, 1.165) is 24.4 Å². The van der Waals surface area contributed by atoms with Crippen molar-refractivity contribution >= 4 is 5.91 Å². The summed E-state index contributed by atoms with van der Waals surface area (Å²) in [7, 11) is 0. The van der Waals surface area contributed by atoms with E-state index in [9.17, 15) is 4.79 Å². The maximum Gasteiger partial charge on any atom is 0.308 e. The summed E-state index contributed by atoms with van der Waals surface area (Å²) in [5.74, 6) is 0.274. The van der Waals surface area contributed by atoms with Crippen LogP contribution in [-0.4, -0.2) is 19.0 Å². The van der Waals surface area contributed by atoms with Crippen molar-refractivity contribution in [2.24, 2.45) is 0 Å². The highest BCUT2D eigenvalue weighted by Gasteiger charge is 2.09. The smallest absolute Gasteiger partial charge is 0.272 e. The van der Waals surface area contributed by atoms with Gasteiger partial charge in [-0.2, -0.15) is 0 Å². The van der Waals surface area contributed by atoms with Crippen LogP contribution < -0.4 is 4.90 Å². The Morgan fingerprint density at radius 2 is 2.00 bits per heavy atom. The predicted octanol–water partition coefficient (Wildman–Crippen LogP) is 0.238. The van der Waals surface area contributed by atoms with Gasteiger partial charge < -0.3 is 0 Å². The fourth-order valence-corrected chi connectivity index (χ4v) is 0.992. The van der Waals surface area contributed by atoms with Gasteiger partial charge in [-0.25, -0.2) is 4.79 Å². The second kappa shape index (κ2) is 5.42. The molecule has 1 atom stereocenters. The second-order valence-corrected chi connectivity index (χ2v) is 2.62. The first-order valence-electron chi connectivity index (χ1n) is 4.08. The Kier molecular flexibility index (Phi) is 5.22. The van der Waals surface area contributed by atoms with Gasteiger partial charge in [0.05, 0.1) is 20.0 Å². The third-order valence-electron chi connectivity index (χ3n) is 1.76. The zero-order valence-corrected chi connectivity index (χ0v) is 7.24. The molecule has 0 radical (unpaired) electrons. The number of rotatable bonds is 4. The van der Waals surface area contributed by atoms with Crippen LogP contribution in [-0.2, 0) is 4.79 Å². The maximum atomic E-state index is 10.8. The van der Waals surface area contributed by atoms with Crippen molar-refractivity contribution in [2.75, 3.05) is 13.1 Å².